The molecule has 0 aliphatic heterocycles. The van der Waals surface area contributed by atoms with Crippen LogP contribution in [0.2, 0.25) is 5.02 Å². The molecule has 0 spiro atoms. The molecule has 5 N–H and O–H groups in total. The molecule has 3 aromatic rings. The van der Waals surface area contributed by atoms with Crippen LogP contribution in [0, 0.1) is 0 Å². The molecular formula is C16H16ClN5S. The predicted molar refractivity (Wildman–Crippen MR) is 98.2 cm³/mol. The molecule has 0 aliphatic carbocycles. The summed E-state index contributed by atoms with van der Waals surface area (Å²) in [7, 11) is 0. The topological polar surface area (TPSA) is 78.8 Å². The van der Waals surface area contributed by atoms with Crippen LogP contribution in [0.25, 0.3) is 11.0 Å². The highest BCUT2D eigenvalue weighted by atomic mass is 35.5. The summed E-state index contributed by atoms with van der Waals surface area (Å²) in [5, 5.41) is 8.62. The first-order valence-electron chi connectivity index (χ1n) is 7.10. The highest BCUT2D eigenvalue weighted by molar-refractivity contribution is 7.80. The fraction of sp³-hybridized carbons (Fsp3) is 0.125. The molecule has 0 bridgehead atoms. The molecule has 3 rings (SSSR count). The lowest BCUT2D eigenvalue weighted by Gasteiger charge is -2.12. The van der Waals surface area contributed by atoms with E-state index in [2.05, 4.69) is 20.6 Å². The number of aromatic amines is 1. The van der Waals surface area contributed by atoms with Gasteiger partial charge in [0.15, 0.2) is 5.11 Å². The Kier molecular flexibility index (Phi) is 4.64. The molecule has 0 atom stereocenters. The van der Waals surface area contributed by atoms with Crippen LogP contribution in [0.1, 0.15) is 11.1 Å². The Morgan fingerprint density at radius 1 is 1.17 bits per heavy atom. The van der Waals surface area contributed by atoms with Crippen LogP contribution in [-0.4, -0.2) is 15.1 Å². The molecule has 0 aliphatic rings. The van der Waals surface area contributed by atoms with Gasteiger partial charge in [0.25, 0.3) is 0 Å². The van der Waals surface area contributed by atoms with E-state index in [-0.39, 0.29) is 0 Å². The van der Waals surface area contributed by atoms with Crippen LogP contribution >= 0.6 is 23.8 Å². The third-order valence-electron chi connectivity index (χ3n) is 3.54. The fourth-order valence-electron chi connectivity index (χ4n) is 2.31. The Balaban J connectivity index is 1.56. The van der Waals surface area contributed by atoms with E-state index in [9.17, 15) is 0 Å². The number of aromatic nitrogens is 2. The Morgan fingerprint density at radius 2 is 1.96 bits per heavy atom. The number of nitrogens with two attached hydrogens (primary N) is 1. The van der Waals surface area contributed by atoms with Crippen LogP contribution in [0.15, 0.2) is 42.7 Å². The molecule has 0 unspecified atom stereocenters. The van der Waals surface area contributed by atoms with Crippen LogP contribution in [0.4, 0.5) is 5.69 Å². The minimum Gasteiger partial charge on any atom is -0.398 e. The molecule has 0 amide bonds. The number of fused-ring (bicyclic) bond motifs is 1. The van der Waals surface area contributed by atoms with Crippen LogP contribution in [-0.2, 0) is 13.1 Å². The van der Waals surface area contributed by atoms with Gasteiger partial charge >= 0.3 is 0 Å². The van der Waals surface area contributed by atoms with Crippen molar-refractivity contribution >= 4 is 45.7 Å². The summed E-state index contributed by atoms with van der Waals surface area (Å²) in [6.45, 7) is 1.17. The number of hydrogen-bond donors (Lipinski definition) is 4. The quantitative estimate of drug-likeness (QED) is 0.432. The number of thiocarbonyl (C=S) groups is 1. The minimum atomic E-state index is 0.546. The second-order valence-electron chi connectivity index (χ2n) is 5.09. The van der Waals surface area contributed by atoms with E-state index < -0.39 is 0 Å². The average Bonchev–Trinajstić information content (AvgIpc) is 3.01. The fourth-order valence-corrected chi connectivity index (χ4v) is 2.64. The van der Waals surface area contributed by atoms with E-state index in [1.807, 2.05) is 30.5 Å². The Hall–Kier alpha value is -2.31. The zero-order chi connectivity index (χ0) is 16.2. The molecular weight excluding hydrogens is 330 g/mol. The minimum absolute atomic E-state index is 0.546. The number of H-pyrrole nitrogens is 1. The molecule has 0 radical (unpaired) electrons. The van der Waals surface area contributed by atoms with Gasteiger partial charge in [-0.25, -0.2) is 4.98 Å². The number of hydrogen-bond acceptors (Lipinski definition) is 3. The van der Waals surface area contributed by atoms with Gasteiger partial charge in [0, 0.05) is 41.6 Å². The molecule has 1 aromatic carbocycles. The van der Waals surface area contributed by atoms with Crippen molar-refractivity contribution in [1.29, 1.82) is 0 Å². The Morgan fingerprint density at radius 3 is 2.74 bits per heavy atom. The molecule has 0 saturated heterocycles. The molecule has 23 heavy (non-hydrogen) atoms. The normalized spacial score (nSPS) is 10.7. The lowest BCUT2D eigenvalue weighted by Crippen LogP contribution is -2.34. The van der Waals surface area contributed by atoms with Crippen LogP contribution < -0.4 is 16.4 Å². The first kappa shape index (κ1) is 15.6. The van der Waals surface area contributed by atoms with Gasteiger partial charge in [0.1, 0.15) is 5.65 Å². The zero-order valence-corrected chi connectivity index (χ0v) is 13.8. The number of nitrogen functional groups attached to an aromatic ring is 1. The van der Waals surface area contributed by atoms with Gasteiger partial charge in [-0.3, -0.25) is 0 Å². The first-order chi connectivity index (χ1) is 11.1. The highest BCUT2D eigenvalue weighted by Gasteiger charge is 2.04. The van der Waals surface area contributed by atoms with Crippen LogP contribution in [0.5, 0.6) is 0 Å². The second kappa shape index (κ2) is 6.85. The molecule has 7 heteroatoms. The largest absolute Gasteiger partial charge is 0.398 e. The van der Waals surface area contributed by atoms with Gasteiger partial charge < -0.3 is 21.4 Å². The van der Waals surface area contributed by atoms with E-state index >= 15 is 0 Å². The Labute approximate surface area is 144 Å². The summed E-state index contributed by atoms with van der Waals surface area (Å²) in [6, 6.07) is 9.41. The molecule has 118 valence electrons. The average molecular weight is 346 g/mol. The summed E-state index contributed by atoms with van der Waals surface area (Å²) in [6.07, 6.45) is 3.65. The molecule has 2 aromatic heterocycles. The lowest BCUT2D eigenvalue weighted by atomic mass is 10.2. The summed E-state index contributed by atoms with van der Waals surface area (Å²) in [5.41, 5.74) is 9.53. The third-order valence-corrected chi connectivity index (χ3v) is 4.06. The SMILES string of the molecule is Nc1cc(Cl)ccc1CNC(=S)NCc1ccnc2[nH]ccc12. The maximum atomic E-state index is 5.92. The van der Waals surface area contributed by atoms with Crippen molar-refractivity contribution in [3.63, 3.8) is 0 Å². The van der Waals surface area contributed by atoms with Gasteiger partial charge in [-0.05, 0) is 47.6 Å². The van der Waals surface area contributed by atoms with Crippen molar-refractivity contribution in [2.45, 2.75) is 13.1 Å². The zero-order valence-electron chi connectivity index (χ0n) is 12.3. The van der Waals surface area contributed by atoms with Gasteiger partial charge in [-0.2, -0.15) is 0 Å². The number of halogens is 1. The van der Waals surface area contributed by atoms with Crippen molar-refractivity contribution in [2.75, 3.05) is 5.73 Å². The van der Waals surface area contributed by atoms with Gasteiger partial charge in [0.2, 0.25) is 0 Å². The van der Waals surface area contributed by atoms with E-state index in [0.29, 0.717) is 28.9 Å². The van der Waals surface area contributed by atoms with Gasteiger partial charge in [-0.1, -0.05) is 17.7 Å². The maximum Gasteiger partial charge on any atom is 0.166 e. The summed E-state index contributed by atoms with van der Waals surface area (Å²) in [5.74, 6) is 0. The van der Waals surface area contributed by atoms with E-state index in [0.717, 1.165) is 22.2 Å². The van der Waals surface area contributed by atoms with Crippen molar-refractivity contribution in [1.82, 2.24) is 20.6 Å². The van der Waals surface area contributed by atoms with Gasteiger partial charge in [-0.15, -0.1) is 0 Å². The van der Waals surface area contributed by atoms with E-state index in [4.69, 9.17) is 29.6 Å². The number of nitrogens with one attached hydrogen (secondary N) is 3. The second-order valence-corrected chi connectivity index (χ2v) is 5.93. The monoisotopic (exact) mass is 345 g/mol. The van der Waals surface area contributed by atoms with Crippen molar-refractivity contribution in [3.05, 3.63) is 58.9 Å². The summed E-state index contributed by atoms with van der Waals surface area (Å²) < 4.78 is 0. The molecule has 0 saturated carbocycles. The smallest absolute Gasteiger partial charge is 0.166 e. The number of anilines is 1. The lowest BCUT2D eigenvalue weighted by molar-refractivity contribution is 0.837. The number of pyridine rings is 1. The van der Waals surface area contributed by atoms with Crippen molar-refractivity contribution < 1.29 is 0 Å². The standard InChI is InChI=1S/C16H16ClN5S/c17-12-2-1-11(14(18)7-12)9-22-16(23)21-8-10-3-5-19-15-13(10)4-6-20-15/h1-7H,8-9,18H2,(H,19,20)(H2,21,22,23). The summed E-state index contributed by atoms with van der Waals surface area (Å²) >= 11 is 11.2. The van der Waals surface area contributed by atoms with Crippen molar-refractivity contribution in [3.8, 4) is 0 Å². The molecule has 5 nitrogen and oxygen atoms in total. The molecule has 0 fully saturated rings. The number of nitrogens with zero attached hydrogens (tertiary/aromatic N) is 1. The van der Waals surface area contributed by atoms with Gasteiger partial charge in [0.05, 0.1) is 0 Å². The molecule has 2 heterocycles. The van der Waals surface area contributed by atoms with Crippen LogP contribution in [0.3, 0.4) is 0 Å². The first-order valence-corrected chi connectivity index (χ1v) is 7.88. The number of benzene rings is 1. The highest BCUT2D eigenvalue weighted by Crippen LogP contribution is 2.18. The summed E-state index contributed by atoms with van der Waals surface area (Å²) in [4.78, 5) is 7.36. The maximum absolute atomic E-state index is 5.92. The third kappa shape index (κ3) is 3.72. The number of rotatable bonds is 4. The predicted octanol–water partition coefficient (Wildman–Crippen LogP) is 2.96. The van der Waals surface area contributed by atoms with E-state index in [1.165, 1.54) is 0 Å². The Bertz CT molecular complexity index is 845. The van der Waals surface area contributed by atoms with Crippen molar-refractivity contribution in [2.24, 2.45) is 0 Å². The van der Waals surface area contributed by atoms with E-state index in [1.54, 1.807) is 12.3 Å².